The molecule has 1 atom stereocenters. The molecule has 25 heavy (non-hydrogen) atoms. The number of aryl methyl sites for hydroxylation is 2. The molecule has 132 valence electrons. The van der Waals surface area contributed by atoms with Crippen molar-refractivity contribution >= 4 is 28.8 Å². The van der Waals surface area contributed by atoms with Crippen LogP contribution in [0.2, 0.25) is 0 Å². The molecule has 0 spiro atoms. The van der Waals surface area contributed by atoms with E-state index in [-0.39, 0.29) is 18.4 Å². The summed E-state index contributed by atoms with van der Waals surface area (Å²) in [5.41, 5.74) is 4.26. The summed E-state index contributed by atoms with van der Waals surface area (Å²) < 4.78 is 0. The van der Waals surface area contributed by atoms with Crippen molar-refractivity contribution in [3.8, 4) is 0 Å². The van der Waals surface area contributed by atoms with Crippen molar-refractivity contribution in [2.24, 2.45) is 5.92 Å². The van der Waals surface area contributed by atoms with E-state index in [1.165, 1.54) is 16.9 Å². The van der Waals surface area contributed by atoms with Crippen molar-refractivity contribution in [1.29, 1.82) is 0 Å². The van der Waals surface area contributed by atoms with Gasteiger partial charge in [0.05, 0.1) is 11.4 Å². The molecule has 0 radical (unpaired) electrons. The van der Waals surface area contributed by atoms with E-state index >= 15 is 0 Å². The third-order valence-corrected chi connectivity index (χ3v) is 6.08. The molecule has 0 saturated carbocycles. The zero-order valence-electron chi connectivity index (χ0n) is 14.9. The molecule has 0 bridgehead atoms. The van der Waals surface area contributed by atoms with Gasteiger partial charge in [0.25, 0.3) is 5.91 Å². The summed E-state index contributed by atoms with van der Waals surface area (Å²) in [4.78, 5) is 26.5. The molecule has 2 N–H and O–H groups in total. The van der Waals surface area contributed by atoms with Gasteiger partial charge in [-0.1, -0.05) is 19.1 Å². The van der Waals surface area contributed by atoms with E-state index in [2.05, 4.69) is 17.6 Å². The Bertz CT molecular complexity index is 810. The number of hydrogen-bond donors (Lipinski definition) is 2. The van der Waals surface area contributed by atoms with Crippen LogP contribution in [0.4, 0.5) is 5.69 Å². The van der Waals surface area contributed by atoms with Crippen molar-refractivity contribution < 1.29 is 9.59 Å². The maximum Gasteiger partial charge on any atom is 0.261 e. The van der Waals surface area contributed by atoms with Crippen LogP contribution < -0.4 is 10.6 Å². The molecule has 0 fully saturated rings. The van der Waals surface area contributed by atoms with Gasteiger partial charge >= 0.3 is 0 Å². The van der Waals surface area contributed by atoms with Crippen LogP contribution >= 0.6 is 11.3 Å². The largest absolute Gasteiger partial charge is 0.342 e. The predicted molar refractivity (Wildman–Crippen MR) is 102 cm³/mol. The third-order valence-electron chi connectivity index (χ3n) is 4.84. The number of thiophene rings is 1. The molecule has 0 unspecified atom stereocenters. The average Bonchev–Trinajstić information content (AvgIpc) is 3.00. The number of anilines is 1. The van der Waals surface area contributed by atoms with Gasteiger partial charge < -0.3 is 10.6 Å². The van der Waals surface area contributed by atoms with Crippen LogP contribution in [0.15, 0.2) is 24.3 Å². The molecule has 3 rings (SSSR count). The van der Waals surface area contributed by atoms with Gasteiger partial charge in [0.1, 0.15) is 0 Å². The second-order valence-corrected chi connectivity index (χ2v) is 8.02. The molecule has 1 aliphatic carbocycles. The Morgan fingerprint density at radius 2 is 2.08 bits per heavy atom. The van der Waals surface area contributed by atoms with Gasteiger partial charge in [-0.15, -0.1) is 11.3 Å². The topological polar surface area (TPSA) is 58.2 Å². The minimum absolute atomic E-state index is 0.0226. The summed E-state index contributed by atoms with van der Waals surface area (Å²) in [6.07, 6.45) is 3.29. The van der Waals surface area contributed by atoms with Gasteiger partial charge in [-0.25, -0.2) is 0 Å². The summed E-state index contributed by atoms with van der Waals surface area (Å²) >= 11 is 1.56. The fourth-order valence-electron chi connectivity index (χ4n) is 3.15. The van der Waals surface area contributed by atoms with Crippen LogP contribution in [0.25, 0.3) is 0 Å². The zero-order valence-corrected chi connectivity index (χ0v) is 15.8. The van der Waals surface area contributed by atoms with Crippen LogP contribution in [-0.2, 0) is 17.6 Å². The fourth-order valence-corrected chi connectivity index (χ4v) is 4.27. The first kappa shape index (κ1) is 17.7. The lowest BCUT2D eigenvalue weighted by Crippen LogP contribution is -2.32. The predicted octanol–water partition coefficient (Wildman–Crippen LogP) is 3.86. The Morgan fingerprint density at radius 3 is 2.88 bits per heavy atom. The highest BCUT2D eigenvalue weighted by atomic mass is 32.1. The second kappa shape index (κ2) is 7.40. The van der Waals surface area contributed by atoms with Gasteiger partial charge in [0, 0.05) is 10.6 Å². The van der Waals surface area contributed by atoms with Crippen LogP contribution in [0.5, 0.6) is 0 Å². The van der Waals surface area contributed by atoms with E-state index in [1.807, 2.05) is 38.1 Å². The maximum absolute atomic E-state index is 12.3. The number of nitrogens with one attached hydrogen (secondary N) is 2. The van der Waals surface area contributed by atoms with Crippen LogP contribution in [0.3, 0.4) is 0 Å². The Hall–Kier alpha value is -2.14. The Morgan fingerprint density at radius 1 is 1.28 bits per heavy atom. The lowest BCUT2D eigenvalue weighted by atomic mass is 9.90. The van der Waals surface area contributed by atoms with Crippen molar-refractivity contribution in [3.63, 3.8) is 0 Å². The van der Waals surface area contributed by atoms with Gasteiger partial charge in [-0.05, 0) is 67.9 Å². The zero-order chi connectivity index (χ0) is 18.0. The summed E-state index contributed by atoms with van der Waals surface area (Å²) in [6.45, 7) is 6.20. The van der Waals surface area contributed by atoms with Crippen LogP contribution in [0, 0.1) is 19.8 Å². The second-order valence-electron chi connectivity index (χ2n) is 6.89. The standard InChI is InChI=1S/C20H24N2O2S/c1-12-7-8-17-15(9-12)10-18(25-17)20(24)21-11-19(23)22-16-6-4-5-13(2)14(16)3/h4-6,10,12H,7-9,11H2,1-3H3,(H,21,24)(H,22,23)/t12-/m1/s1. The minimum atomic E-state index is -0.211. The lowest BCUT2D eigenvalue weighted by molar-refractivity contribution is -0.115. The molecule has 1 aliphatic rings. The Kier molecular flexibility index (Phi) is 5.23. The maximum atomic E-state index is 12.3. The van der Waals surface area contributed by atoms with Crippen molar-refractivity contribution in [2.75, 3.05) is 11.9 Å². The minimum Gasteiger partial charge on any atom is -0.342 e. The molecule has 2 aromatic rings. The van der Waals surface area contributed by atoms with E-state index < -0.39 is 0 Å². The van der Waals surface area contributed by atoms with Gasteiger partial charge in [0.2, 0.25) is 5.91 Å². The normalized spacial score (nSPS) is 16.2. The molecule has 1 aromatic carbocycles. The number of carbonyl (C=O) groups is 2. The Balaban J connectivity index is 1.57. The average molecular weight is 356 g/mol. The molecular formula is C20H24N2O2S. The van der Waals surface area contributed by atoms with E-state index in [1.54, 1.807) is 11.3 Å². The number of benzene rings is 1. The number of amides is 2. The summed E-state index contributed by atoms with van der Waals surface area (Å²) in [5.74, 6) is 0.307. The molecule has 4 nitrogen and oxygen atoms in total. The van der Waals surface area contributed by atoms with Crippen molar-refractivity contribution in [1.82, 2.24) is 5.32 Å². The highest BCUT2D eigenvalue weighted by Gasteiger charge is 2.20. The molecule has 5 heteroatoms. The molecule has 1 heterocycles. The molecule has 0 saturated heterocycles. The van der Waals surface area contributed by atoms with E-state index in [9.17, 15) is 9.59 Å². The molecular weight excluding hydrogens is 332 g/mol. The van der Waals surface area contributed by atoms with E-state index in [0.717, 1.165) is 29.7 Å². The highest BCUT2D eigenvalue weighted by molar-refractivity contribution is 7.14. The smallest absolute Gasteiger partial charge is 0.261 e. The van der Waals surface area contributed by atoms with Gasteiger partial charge in [-0.3, -0.25) is 9.59 Å². The van der Waals surface area contributed by atoms with Gasteiger partial charge in [-0.2, -0.15) is 0 Å². The monoisotopic (exact) mass is 356 g/mol. The number of hydrogen-bond acceptors (Lipinski definition) is 3. The van der Waals surface area contributed by atoms with Crippen LogP contribution in [-0.4, -0.2) is 18.4 Å². The third kappa shape index (κ3) is 4.10. The fraction of sp³-hybridized carbons (Fsp3) is 0.400. The first-order chi connectivity index (χ1) is 11.9. The van der Waals surface area contributed by atoms with Crippen molar-refractivity contribution in [2.45, 2.75) is 40.0 Å². The molecule has 2 amide bonds. The first-order valence-corrected chi connectivity index (χ1v) is 9.51. The van der Waals surface area contributed by atoms with E-state index in [4.69, 9.17) is 0 Å². The summed E-state index contributed by atoms with van der Waals surface area (Å²) in [6, 6.07) is 7.78. The van der Waals surface area contributed by atoms with Crippen LogP contribution in [0.1, 0.15) is 44.6 Å². The SMILES string of the molecule is Cc1cccc(NC(=O)CNC(=O)c2cc3c(s2)CC[C@@H](C)C3)c1C. The Labute approximate surface area is 152 Å². The summed E-state index contributed by atoms with van der Waals surface area (Å²) in [7, 11) is 0. The molecule has 1 aromatic heterocycles. The number of rotatable bonds is 4. The van der Waals surface area contributed by atoms with Gasteiger partial charge in [0.15, 0.2) is 0 Å². The quantitative estimate of drug-likeness (QED) is 0.874. The number of carbonyl (C=O) groups excluding carboxylic acids is 2. The lowest BCUT2D eigenvalue weighted by Gasteiger charge is -2.16. The van der Waals surface area contributed by atoms with Crippen molar-refractivity contribution in [3.05, 3.63) is 50.7 Å². The molecule has 0 aliphatic heterocycles. The first-order valence-electron chi connectivity index (χ1n) is 8.70. The highest BCUT2D eigenvalue weighted by Crippen LogP contribution is 2.32. The summed E-state index contributed by atoms with van der Waals surface area (Å²) in [5, 5.41) is 5.60. The number of fused-ring (bicyclic) bond motifs is 1. The van der Waals surface area contributed by atoms with E-state index in [0.29, 0.717) is 10.8 Å².